The second-order valence-corrected chi connectivity index (χ2v) is 2.94. The van der Waals surface area contributed by atoms with Crippen LogP contribution in [0.4, 0.5) is 0 Å². The summed E-state index contributed by atoms with van der Waals surface area (Å²) in [6.45, 7) is 8.27. The first-order valence-corrected chi connectivity index (χ1v) is 4.12. The van der Waals surface area contributed by atoms with Crippen LogP contribution in [-0.2, 0) is 4.84 Å². The summed E-state index contributed by atoms with van der Waals surface area (Å²) in [4.78, 5) is 5.13. The highest BCUT2D eigenvalue weighted by molar-refractivity contribution is 4.41. The number of nitrogens with one attached hydrogen (secondary N) is 1. The molecule has 0 aliphatic heterocycles. The van der Waals surface area contributed by atoms with Crippen LogP contribution in [0.3, 0.4) is 0 Å². The molecule has 0 amide bonds. The monoisotopic (exact) mass is 145 g/mol. The van der Waals surface area contributed by atoms with Gasteiger partial charge in [0.1, 0.15) is 0 Å². The third-order valence-electron chi connectivity index (χ3n) is 1.19. The highest BCUT2D eigenvalue weighted by Gasteiger charge is 1.90. The van der Waals surface area contributed by atoms with Crippen molar-refractivity contribution >= 4 is 0 Å². The lowest BCUT2D eigenvalue weighted by Gasteiger charge is -2.06. The van der Waals surface area contributed by atoms with Crippen LogP contribution in [0.25, 0.3) is 0 Å². The third-order valence-corrected chi connectivity index (χ3v) is 1.19. The molecule has 0 fully saturated rings. The molecule has 0 saturated heterocycles. The second kappa shape index (κ2) is 7.03. The molecule has 0 aromatic rings. The van der Waals surface area contributed by atoms with Crippen LogP contribution in [0, 0.1) is 5.92 Å². The molecule has 0 heterocycles. The summed E-state index contributed by atoms with van der Waals surface area (Å²) in [5, 5.41) is 0. The van der Waals surface area contributed by atoms with Crippen molar-refractivity contribution in [2.75, 3.05) is 13.2 Å². The molecule has 0 bridgehead atoms. The molecule has 0 atom stereocenters. The van der Waals surface area contributed by atoms with Crippen LogP contribution in [0.15, 0.2) is 0 Å². The molecule has 0 saturated carbocycles. The van der Waals surface area contributed by atoms with E-state index in [-0.39, 0.29) is 0 Å². The fourth-order valence-electron chi connectivity index (χ4n) is 0.514. The molecule has 0 aromatic carbocycles. The zero-order valence-electron chi connectivity index (χ0n) is 7.31. The number of hydroxylamine groups is 1. The lowest BCUT2D eigenvalue weighted by atomic mass is 10.2. The van der Waals surface area contributed by atoms with E-state index >= 15 is 0 Å². The van der Waals surface area contributed by atoms with Gasteiger partial charge in [-0.15, -0.1) is 0 Å². The Balaban J connectivity index is 2.77. The van der Waals surface area contributed by atoms with Crippen LogP contribution in [0.1, 0.15) is 33.6 Å². The first-order chi connectivity index (χ1) is 4.77. The van der Waals surface area contributed by atoms with Crippen LogP contribution >= 0.6 is 0 Å². The maximum Gasteiger partial charge on any atom is 0.0682 e. The maximum absolute atomic E-state index is 5.13. The van der Waals surface area contributed by atoms with Gasteiger partial charge in [0.2, 0.25) is 0 Å². The SMILES string of the molecule is CCCCONCC(C)C. The minimum absolute atomic E-state index is 0.668. The van der Waals surface area contributed by atoms with Crippen LogP contribution in [-0.4, -0.2) is 13.2 Å². The lowest BCUT2D eigenvalue weighted by molar-refractivity contribution is 0.0332. The smallest absolute Gasteiger partial charge is 0.0682 e. The van der Waals surface area contributed by atoms with Gasteiger partial charge in [-0.3, -0.25) is 0 Å². The van der Waals surface area contributed by atoms with Gasteiger partial charge in [0, 0.05) is 6.54 Å². The van der Waals surface area contributed by atoms with Crippen molar-refractivity contribution < 1.29 is 4.84 Å². The van der Waals surface area contributed by atoms with E-state index in [1.807, 2.05) is 0 Å². The van der Waals surface area contributed by atoms with Crippen molar-refractivity contribution in [2.24, 2.45) is 5.92 Å². The van der Waals surface area contributed by atoms with E-state index < -0.39 is 0 Å². The fourth-order valence-corrected chi connectivity index (χ4v) is 0.514. The van der Waals surface area contributed by atoms with E-state index in [2.05, 4.69) is 26.3 Å². The van der Waals surface area contributed by atoms with Crippen molar-refractivity contribution in [2.45, 2.75) is 33.6 Å². The van der Waals surface area contributed by atoms with E-state index in [4.69, 9.17) is 4.84 Å². The van der Waals surface area contributed by atoms with Crippen molar-refractivity contribution in [3.8, 4) is 0 Å². The summed E-state index contributed by atoms with van der Waals surface area (Å²) in [6.07, 6.45) is 2.34. The number of hydrogen-bond acceptors (Lipinski definition) is 2. The Morgan fingerprint density at radius 3 is 2.60 bits per heavy atom. The van der Waals surface area contributed by atoms with E-state index in [9.17, 15) is 0 Å². The number of unbranched alkanes of at least 4 members (excludes halogenated alkanes) is 1. The highest BCUT2D eigenvalue weighted by atomic mass is 16.6. The fraction of sp³-hybridized carbons (Fsp3) is 1.00. The van der Waals surface area contributed by atoms with Gasteiger partial charge in [0.05, 0.1) is 6.61 Å². The van der Waals surface area contributed by atoms with E-state index in [1.54, 1.807) is 0 Å². The Kier molecular flexibility index (Phi) is 6.98. The highest BCUT2D eigenvalue weighted by Crippen LogP contribution is 1.88. The van der Waals surface area contributed by atoms with Crippen molar-refractivity contribution in [1.82, 2.24) is 5.48 Å². The summed E-state index contributed by atoms with van der Waals surface area (Å²) in [5.41, 5.74) is 2.92. The first-order valence-electron chi connectivity index (χ1n) is 4.12. The Hall–Kier alpha value is -0.0800. The normalized spacial score (nSPS) is 10.8. The molecular formula is C8H19NO. The van der Waals surface area contributed by atoms with Gasteiger partial charge in [-0.1, -0.05) is 27.2 Å². The molecule has 0 aromatic heterocycles. The minimum atomic E-state index is 0.668. The molecule has 0 radical (unpaired) electrons. The quantitative estimate of drug-likeness (QED) is 0.455. The molecule has 2 heteroatoms. The van der Waals surface area contributed by atoms with E-state index in [0.29, 0.717) is 5.92 Å². The Labute approximate surface area is 63.9 Å². The molecule has 1 N–H and O–H groups in total. The summed E-state index contributed by atoms with van der Waals surface area (Å²) in [7, 11) is 0. The predicted molar refractivity (Wildman–Crippen MR) is 43.7 cm³/mol. The topological polar surface area (TPSA) is 21.3 Å². The Bertz CT molecular complexity index is 64.3. The lowest BCUT2D eigenvalue weighted by Crippen LogP contribution is -2.20. The summed E-state index contributed by atoms with van der Waals surface area (Å²) in [5.74, 6) is 0.668. The molecule has 0 unspecified atom stereocenters. The summed E-state index contributed by atoms with van der Waals surface area (Å²) in [6, 6.07) is 0. The maximum atomic E-state index is 5.13. The molecular weight excluding hydrogens is 126 g/mol. The number of hydrogen-bond donors (Lipinski definition) is 1. The van der Waals surface area contributed by atoms with Crippen LogP contribution < -0.4 is 5.48 Å². The van der Waals surface area contributed by atoms with Crippen LogP contribution in [0.2, 0.25) is 0 Å². The Morgan fingerprint density at radius 1 is 1.40 bits per heavy atom. The van der Waals surface area contributed by atoms with Crippen LogP contribution in [0.5, 0.6) is 0 Å². The molecule has 0 spiro atoms. The third kappa shape index (κ3) is 7.92. The Morgan fingerprint density at radius 2 is 2.10 bits per heavy atom. The standard InChI is InChI=1S/C8H19NO/c1-4-5-6-10-9-7-8(2)3/h8-9H,4-7H2,1-3H3. The number of rotatable bonds is 6. The zero-order chi connectivity index (χ0) is 7.82. The van der Waals surface area contributed by atoms with E-state index in [1.165, 1.54) is 6.42 Å². The van der Waals surface area contributed by atoms with Gasteiger partial charge >= 0.3 is 0 Å². The first kappa shape index (κ1) is 9.92. The average Bonchev–Trinajstić information content (AvgIpc) is 1.87. The average molecular weight is 145 g/mol. The molecule has 0 rings (SSSR count). The van der Waals surface area contributed by atoms with E-state index in [0.717, 1.165) is 19.6 Å². The molecule has 2 nitrogen and oxygen atoms in total. The van der Waals surface area contributed by atoms with Gasteiger partial charge in [0.25, 0.3) is 0 Å². The van der Waals surface area contributed by atoms with Gasteiger partial charge < -0.3 is 4.84 Å². The summed E-state index contributed by atoms with van der Waals surface area (Å²) < 4.78 is 0. The minimum Gasteiger partial charge on any atom is -0.302 e. The molecule has 10 heavy (non-hydrogen) atoms. The van der Waals surface area contributed by atoms with Crippen molar-refractivity contribution in [3.05, 3.63) is 0 Å². The predicted octanol–water partition coefficient (Wildman–Crippen LogP) is 1.96. The van der Waals surface area contributed by atoms with Crippen molar-refractivity contribution in [3.63, 3.8) is 0 Å². The van der Waals surface area contributed by atoms with Gasteiger partial charge in [0.15, 0.2) is 0 Å². The molecule has 62 valence electrons. The van der Waals surface area contributed by atoms with Gasteiger partial charge in [-0.2, -0.15) is 0 Å². The summed E-state index contributed by atoms with van der Waals surface area (Å²) >= 11 is 0. The van der Waals surface area contributed by atoms with Gasteiger partial charge in [-0.25, -0.2) is 5.48 Å². The zero-order valence-corrected chi connectivity index (χ0v) is 7.31. The largest absolute Gasteiger partial charge is 0.302 e. The molecule has 0 aliphatic rings. The molecule has 0 aliphatic carbocycles. The van der Waals surface area contributed by atoms with Gasteiger partial charge in [-0.05, 0) is 12.3 Å². The second-order valence-electron chi connectivity index (χ2n) is 2.94. The van der Waals surface area contributed by atoms with Crippen molar-refractivity contribution in [1.29, 1.82) is 0 Å².